The Morgan fingerprint density at radius 2 is 1.29 bits per heavy atom. The largest absolute Gasteiger partial charge is 0.273 e. The molecule has 0 atom stereocenters. The molecule has 0 spiro atoms. The van der Waals surface area contributed by atoms with E-state index in [2.05, 4.69) is 4.72 Å². The maximum Gasteiger partial charge on any atom is 0.264 e. The molecule has 0 unspecified atom stereocenters. The molecule has 28 heavy (non-hydrogen) atoms. The minimum Gasteiger partial charge on any atom is -0.273 e. The predicted molar refractivity (Wildman–Crippen MR) is 110 cm³/mol. The van der Waals surface area contributed by atoms with Gasteiger partial charge in [0.05, 0.1) is 10.8 Å². The SMILES string of the molecule is O=C(NS(=O)(=O)c1ccc(Cl)cc1)C1c2ccccc2C=Cc2ccccc21. The lowest BCUT2D eigenvalue weighted by Gasteiger charge is -2.20. The summed E-state index contributed by atoms with van der Waals surface area (Å²) < 4.78 is 27.7. The molecule has 4 rings (SSSR count). The molecule has 1 N–H and O–H groups in total. The van der Waals surface area contributed by atoms with Gasteiger partial charge in [0.25, 0.3) is 10.0 Å². The van der Waals surface area contributed by atoms with Crippen molar-refractivity contribution >= 4 is 39.7 Å². The molecule has 3 aromatic rings. The summed E-state index contributed by atoms with van der Waals surface area (Å²) in [5.41, 5.74) is 3.27. The molecule has 4 nitrogen and oxygen atoms in total. The van der Waals surface area contributed by atoms with Crippen molar-refractivity contribution in [2.24, 2.45) is 0 Å². The Morgan fingerprint density at radius 3 is 1.82 bits per heavy atom. The molecule has 1 aliphatic rings. The normalized spacial score (nSPS) is 13.3. The number of carbonyl (C=O) groups is 1. The fourth-order valence-corrected chi connectivity index (χ4v) is 4.47. The summed E-state index contributed by atoms with van der Waals surface area (Å²) in [6.07, 6.45) is 3.88. The third-order valence-electron chi connectivity index (χ3n) is 4.68. The molecule has 3 aromatic carbocycles. The first-order valence-corrected chi connectivity index (χ1v) is 10.5. The van der Waals surface area contributed by atoms with Gasteiger partial charge in [0.1, 0.15) is 0 Å². The average molecular weight is 410 g/mol. The Bertz CT molecular complexity index is 1130. The van der Waals surface area contributed by atoms with Crippen molar-refractivity contribution in [3.63, 3.8) is 0 Å². The summed E-state index contributed by atoms with van der Waals surface area (Å²) in [5, 5.41) is 0.419. The number of amides is 1. The van der Waals surface area contributed by atoms with Gasteiger partial charge in [-0.15, -0.1) is 0 Å². The van der Waals surface area contributed by atoms with Gasteiger partial charge in [-0.25, -0.2) is 13.1 Å². The molecule has 0 fully saturated rings. The first-order chi connectivity index (χ1) is 13.5. The van der Waals surface area contributed by atoms with E-state index in [0.29, 0.717) is 5.02 Å². The zero-order chi connectivity index (χ0) is 19.7. The summed E-state index contributed by atoms with van der Waals surface area (Å²) in [7, 11) is -4.02. The van der Waals surface area contributed by atoms with Crippen LogP contribution in [-0.4, -0.2) is 14.3 Å². The van der Waals surface area contributed by atoms with Crippen LogP contribution in [0.1, 0.15) is 28.2 Å². The van der Waals surface area contributed by atoms with Crippen LogP contribution < -0.4 is 4.72 Å². The lowest BCUT2D eigenvalue weighted by molar-refractivity contribution is -0.119. The van der Waals surface area contributed by atoms with E-state index in [1.807, 2.05) is 60.7 Å². The average Bonchev–Trinajstić information content (AvgIpc) is 2.85. The Morgan fingerprint density at radius 1 is 0.786 bits per heavy atom. The van der Waals surface area contributed by atoms with Crippen LogP contribution in [0.5, 0.6) is 0 Å². The van der Waals surface area contributed by atoms with Crippen molar-refractivity contribution in [2.45, 2.75) is 10.8 Å². The minimum atomic E-state index is -4.02. The molecule has 1 amide bonds. The van der Waals surface area contributed by atoms with E-state index < -0.39 is 21.8 Å². The highest BCUT2D eigenvalue weighted by molar-refractivity contribution is 7.90. The van der Waals surface area contributed by atoms with Gasteiger partial charge in [0.2, 0.25) is 5.91 Å². The van der Waals surface area contributed by atoms with E-state index in [-0.39, 0.29) is 4.90 Å². The molecule has 1 aliphatic carbocycles. The van der Waals surface area contributed by atoms with Crippen LogP contribution in [0.15, 0.2) is 77.7 Å². The van der Waals surface area contributed by atoms with Crippen LogP contribution in [0.25, 0.3) is 12.2 Å². The molecule has 0 radical (unpaired) electrons. The Kier molecular flexibility index (Phi) is 4.79. The smallest absolute Gasteiger partial charge is 0.264 e. The van der Waals surface area contributed by atoms with E-state index in [9.17, 15) is 13.2 Å². The zero-order valence-electron chi connectivity index (χ0n) is 14.7. The van der Waals surface area contributed by atoms with Crippen molar-refractivity contribution < 1.29 is 13.2 Å². The number of carbonyl (C=O) groups excluding carboxylic acids is 1. The number of hydrogen-bond acceptors (Lipinski definition) is 3. The third-order valence-corrected chi connectivity index (χ3v) is 6.29. The first kappa shape index (κ1) is 18.5. The van der Waals surface area contributed by atoms with Gasteiger partial charge in [-0.1, -0.05) is 72.3 Å². The fourth-order valence-electron chi connectivity index (χ4n) is 3.34. The first-order valence-electron chi connectivity index (χ1n) is 8.64. The minimum absolute atomic E-state index is 0.0152. The van der Waals surface area contributed by atoms with Crippen LogP contribution in [0.4, 0.5) is 0 Å². The highest BCUT2D eigenvalue weighted by Gasteiger charge is 2.30. The molecule has 140 valence electrons. The number of hydrogen-bond donors (Lipinski definition) is 1. The quantitative estimate of drug-likeness (QED) is 0.694. The van der Waals surface area contributed by atoms with Crippen molar-refractivity contribution in [1.29, 1.82) is 0 Å². The summed E-state index contributed by atoms with van der Waals surface area (Å²) >= 11 is 5.83. The number of halogens is 1. The molecule has 0 heterocycles. The van der Waals surface area contributed by atoms with Crippen LogP contribution in [0.3, 0.4) is 0 Å². The number of nitrogens with one attached hydrogen (secondary N) is 1. The van der Waals surface area contributed by atoms with E-state index >= 15 is 0 Å². The van der Waals surface area contributed by atoms with E-state index in [4.69, 9.17) is 11.6 Å². The van der Waals surface area contributed by atoms with Gasteiger partial charge in [-0.2, -0.15) is 0 Å². The van der Waals surface area contributed by atoms with Crippen LogP contribution in [-0.2, 0) is 14.8 Å². The fraction of sp³-hybridized carbons (Fsp3) is 0.0455. The second kappa shape index (κ2) is 7.26. The second-order valence-corrected chi connectivity index (χ2v) is 8.57. The van der Waals surface area contributed by atoms with Gasteiger partial charge < -0.3 is 0 Å². The summed E-state index contributed by atoms with van der Waals surface area (Å²) in [4.78, 5) is 13.2. The van der Waals surface area contributed by atoms with Crippen LogP contribution in [0.2, 0.25) is 5.02 Å². The topological polar surface area (TPSA) is 63.2 Å². The summed E-state index contributed by atoms with van der Waals surface area (Å²) in [6.45, 7) is 0. The number of rotatable bonds is 3. The molecular formula is C22H16ClNO3S. The Labute approximate surface area is 168 Å². The zero-order valence-corrected chi connectivity index (χ0v) is 16.2. The monoisotopic (exact) mass is 409 g/mol. The van der Waals surface area contributed by atoms with Gasteiger partial charge in [-0.05, 0) is 46.5 Å². The maximum absolute atomic E-state index is 13.2. The lowest BCUT2D eigenvalue weighted by atomic mass is 9.87. The molecular weight excluding hydrogens is 394 g/mol. The Balaban J connectivity index is 1.77. The number of fused-ring (bicyclic) bond motifs is 2. The van der Waals surface area contributed by atoms with Gasteiger partial charge in [0.15, 0.2) is 0 Å². The molecule has 0 aliphatic heterocycles. The molecule has 0 aromatic heterocycles. The van der Waals surface area contributed by atoms with Gasteiger partial charge in [0, 0.05) is 5.02 Å². The van der Waals surface area contributed by atoms with Gasteiger partial charge >= 0.3 is 0 Å². The van der Waals surface area contributed by atoms with Crippen molar-refractivity contribution in [3.05, 3.63) is 100 Å². The molecule has 0 saturated carbocycles. The standard InChI is InChI=1S/C22H16ClNO3S/c23-17-11-13-18(14-12-17)28(26,27)24-22(25)21-19-7-3-1-5-15(19)9-10-16-6-2-4-8-20(16)21/h1-14,21H,(H,24,25). The van der Waals surface area contributed by atoms with Crippen LogP contribution >= 0.6 is 11.6 Å². The van der Waals surface area contributed by atoms with E-state index in [1.165, 1.54) is 24.3 Å². The van der Waals surface area contributed by atoms with Crippen molar-refractivity contribution in [3.8, 4) is 0 Å². The molecule has 0 bridgehead atoms. The molecule has 6 heteroatoms. The van der Waals surface area contributed by atoms with Gasteiger partial charge in [-0.3, -0.25) is 4.79 Å². The highest BCUT2D eigenvalue weighted by Crippen LogP contribution is 2.35. The van der Waals surface area contributed by atoms with Crippen molar-refractivity contribution in [2.75, 3.05) is 0 Å². The summed E-state index contributed by atoms with van der Waals surface area (Å²) in [6, 6.07) is 20.7. The summed E-state index contributed by atoms with van der Waals surface area (Å²) in [5.74, 6) is -1.34. The molecule has 0 saturated heterocycles. The number of benzene rings is 3. The second-order valence-electron chi connectivity index (χ2n) is 6.45. The Hall–Kier alpha value is -2.89. The van der Waals surface area contributed by atoms with E-state index in [0.717, 1.165) is 22.3 Å². The maximum atomic E-state index is 13.2. The van der Waals surface area contributed by atoms with Crippen molar-refractivity contribution in [1.82, 2.24) is 4.72 Å². The van der Waals surface area contributed by atoms with Crippen LogP contribution in [0, 0.1) is 0 Å². The predicted octanol–water partition coefficient (Wildman–Crippen LogP) is 4.46. The number of sulfonamides is 1. The van der Waals surface area contributed by atoms with E-state index in [1.54, 1.807) is 0 Å². The lowest BCUT2D eigenvalue weighted by Crippen LogP contribution is -2.35. The highest BCUT2D eigenvalue weighted by atomic mass is 35.5. The third kappa shape index (κ3) is 3.46.